The molecule has 0 saturated heterocycles. The molecule has 0 unspecified atom stereocenters. The Morgan fingerprint density at radius 3 is 2.47 bits per heavy atom. The summed E-state index contributed by atoms with van der Waals surface area (Å²) in [6, 6.07) is 7.87. The minimum Gasteiger partial charge on any atom is -0.497 e. The van der Waals surface area contributed by atoms with Crippen molar-refractivity contribution in [2.45, 2.75) is 32.1 Å². The van der Waals surface area contributed by atoms with Gasteiger partial charge in [0.1, 0.15) is 17.6 Å². The lowest BCUT2D eigenvalue weighted by Gasteiger charge is -2.31. The molecule has 3 nitrogen and oxygen atoms in total. The largest absolute Gasteiger partial charge is 0.497 e. The van der Waals surface area contributed by atoms with Crippen molar-refractivity contribution in [3.05, 3.63) is 40.5 Å². The number of ketones is 1. The summed E-state index contributed by atoms with van der Waals surface area (Å²) in [5.41, 5.74) is 1.10. The fourth-order valence-corrected chi connectivity index (χ4v) is 3.22. The van der Waals surface area contributed by atoms with E-state index in [4.69, 9.17) is 9.47 Å². The van der Waals surface area contributed by atoms with E-state index in [1.807, 2.05) is 31.2 Å². The maximum Gasteiger partial charge on any atom is 0.169 e. The normalized spacial score (nSPS) is 22.9. The van der Waals surface area contributed by atoms with E-state index in [0.717, 1.165) is 22.0 Å². The van der Waals surface area contributed by atoms with Crippen LogP contribution in [0.3, 0.4) is 0 Å². The molecule has 0 bridgehead atoms. The molecule has 0 fully saturated rings. The van der Waals surface area contributed by atoms with Crippen molar-refractivity contribution in [2.24, 2.45) is 0 Å². The van der Waals surface area contributed by atoms with Crippen LogP contribution >= 0.6 is 11.8 Å². The number of benzene rings is 1. The second-order valence-electron chi connectivity index (χ2n) is 4.58. The standard InChI is InChI=1S/C15H18O3S/c1-9(16)15-10(2)18-14(11(3)19-15)12-5-7-13(17-4)8-6-12/h5-8,11,14H,1-4H3/t11-,14+/m0/s1. The number of rotatable bonds is 3. The zero-order valence-electron chi connectivity index (χ0n) is 11.6. The van der Waals surface area contributed by atoms with Gasteiger partial charge in [-0.05, 0) is 38.5 Å². The number of thioether (sulfide) groups is 1. The molecule has 2 rings (SSSR count). The Morgan fingerprint density at radius 1 is 1.32 bits per heavy atom. The molecule has 0 aliphatic carbocycles. The molecule has 1 aromatic carbocycles. The lowest BCUT2D eigenvalue weighted by atomic mass is 10.1. The Hall–Kier alpha value is -1.42. The van der Waals surface area contributed by atoms with Crippen LogP contribution < -0.4 is 4.74 Å². The van der Waals surface area contributed by atoms with Crippen molar-refractivity contribution in [1.29, 1.82) is 0 Å². The van der Waals surface area contributed by atoms with E-state index in [1.165, 1.54) is 0 Å². The molecule has 1 heterocycles. The van der Waals surface area contributed by atoms with Gasteiger partial charge in [-0.2, -0.15) is 0 Å². The predicted molar refractivity (Wildman–Crippen MR) is 77.3 cm³/mol. The highest BCUT2D eigenvalue weighted by atomic mass is 32.2. The number of ether oxygens (including phenoxy) is 2. The summed E-state index contributed by atoms with van der Waals surface area (Å²) < 4.78 is 11.1. The van der Waals surface area contributed by atoms with E-state index in [2.05, 4.69) is 6.92 Å². The quantitative estimate of drug-likeness (QED) is 0.844. The highest BCUT2D eigenvalue weighted by molar-refractivity contribution is 8.04. The van der Waals surface area contributed by atoms with E-state index in [0.29, 0.717) is 0 Å². The van der Waals surface area contributed by atoms with Gasteiger partial charge in [0, 0.05) is 5.25 Å². The first-order chi connectivity index (χ1) is 9.02. The van der Waals surface area contributed by atoms with Crippen molar-refractivity contribution in [3.63, 3.8) is 0 Å². The number of Topliss-reactive ketones (excluding diaryl/α,β-unsaturated/α-hetero) is 1. The number of allylic oxidation sites excluding steroid dienone is 2. The molecule has 19 heavy (non-hydrogen) atoms. The Morgan fingerprint density at radius 2 is 1.95 bits per heavy atom. The summed E-state index contributed by atoms with van der Waals surface area (Å²) in [6.07, 6.45) is -0.0287. The summed E-state index contributed by atoms with van der Waals surface area (Å²) in [4.78, 5) is 12.2. The summed E-state index contributed by atoms with van der Waals surface area (Å²) in [5.74, 6) is 1.62. The van der Waals surface area contributed by atoms with Crippen molar-refractivity contribution in [2.75, 3.05) is 7.11 Å². The zero-order valence-corrected chi connectivity index (χ0v) is 12.4. The van der Waals surface area contributed by atoms with Crippen molar-refractivity contribution in [1.82, 2.24) is 0 Å². The molecule has 1 aliphatic rings. The van der Waals surface area contributed by atoms with Crippen LogP contribution in [0.1, 0.15) is 32.4 Å². The molecule has 0 saturated carbocycles. The fraction of sp³-hybridized carbons (Fsp3) is 0.400. The van der Waals surface area contributed by atoms with Crippen LogP contribution in [0.4, 0.5) is 0 Å². The second-order valence-corrected chi connectivity index (χ2v) is 5.96. The van der Waals surface area contributed by atoms with Crippen molar-refractivity contribution < 1.29 is 14.3 Å². The Labute approximate surface area is 118 Å². The minimum atomic E-state index is -0.0287. The molecule has 4 heteroatoms. The monoisotopic (exact) mass is 278 g/mol. The summed E-state index contributed by atoms with van der Waals surface area (Å²) >= 11 is 1.59. The van der Waals surface area contributed by atoms with Gasteiger partial charge >= 0.3 is 0 Å². The first-order valence-corrected chi connectivity index (χ1v) is 7.10. The molecule has 0 radical (unpaired) electrons. The molecule has 0 aromatic heterocycles. The lowest BCUT2D eigenvalue weighted by molar-refractivity contribution is -0.113. The van der Waals surface area contributed by atoms with Crippen LogP contribution in [0.15, 0.2) is 34.9 Å². The minimum absolute atomic E-state index is 0.0287. The maximum atomic E-state index is 11.5. The zero-order chi connectivity index (χ0) is 14.0. The highest BCUT2D eigenvalue weighted by Gasteiger charge is 2.30. The summed E-state index contributed by atoms with van der Waals surface area (Å²) in [5, 5.41) is 0.205. The van der Waals surface area contributed by atoms with Crippen LogP contribution in [0.5, 0.6) is 5.75 Å². The fourth-order valence-electron chi connectivity index (χ4n) is 2.13. The number of carbonyl (C=O) groups excluding carboxylic acids is 1. The van der Waals surface area contributed by atoms with E-state index >= 15 is 0 Å². The number of hydrogen-bond donors (Lipinski definition) is 0. The molecule has 102 valence electrons. The molecule has 2 atom stereocenters. The maximum absolute atomic E-state index is 11.5. The molecule has 0 spiro atoms. The van der Waals surface area contributed by atoms with Gasteiger partial charge in [-0.15, -0.1) is 11.8 Å². The molecule has 1 aromatic rings. The third kappa shape index (κ3) is 2.95. The van der Waals surface area contributed by atoms with Gasteiger partial charge in [0.25, 0.3) is 0 Å². The third-order valence-corrected chi connectivity index (χ3v) is 4.55. The smallest absolute Gasteiger partial charge is 0.169 e. The third-order valence-electron chi connectivity index (χ3n) is 3.12. The van der Waals surface area contributed by atoms with E-state index < -0.39 is 0 Å². The van der Waals surface area contributed by atoms with Gasteiger partial charge in [0.05, 0.1) is 12.0 Å². The topological polar surface area (TPSA) is 35.5 Å². The Balaban J connectivity index is 2.24. The van der Waals surface area contributed by atoms with E-state index in [9.17, 15) is 4.79 Å². The van der Waals surface area contributed by atoms with Gasteiger partial charge in [-0.25, -0.2) is 0 Å². The van der Waals surface area contributed by atoms with Gasteiger partial charge in [0.15, 0.2) is 5.78 Å². The molecule has 0 amide bonds. The van der Waals surface area contributed by atoms with Crippen LogP contribution in [0.2, 0.25) is 0 Å². The van der Waals surface area contributed by atoms with Crippen molar-refractivity contribution in [3.8, 4) is 5.75 Å². The highest BCUT2D eigenvalue weighted by Crippen LogP contribution is 2.42. The van der Waals surface area contributed by atoms with Gasteiger partial charge in [-0.3, -0.25) is 4.79 Å². The molecular formula is C15H18O3S. The second kappa shape index (κ2) is 5.70. The Kier molecular flexibility index (Phi) is 4.20. The van der Waals surface area contributed by atoms with Crippen LogP contribution in [0, 0.1) is 0 Å². The first kappa shape index (κ1) is 14.0. The van der Waals surface area contributed by atoms with Gasteiger partial charge in [-0.1, -0.05) is 12.1 Å². The first-order valence-electron chi connectivity index (χ1n) is 6.22. The van der Waals surface area contributed by atoms with Crippen molar-refractivity contribution >= 4 is 17.5 Å². The van der Waals surface area contributed by atoms with E-state index in [-0.39, 0.29) is 17.1 Å². The van der Waals surface area contributed by atoms with Gasteiger partial charge in [0.2, 0.25) is 0 Å². The SMILES string of the molecule is COc1ccc([C@@H]2OC(C)=C(C(C)=O)S[C@H]2C)cc1. The lowest BCUT2D eigenvalue weighted by Crippen LogP contribution is -2.21. The summed E-state index contributed by atoms with van der Waals surface area (Å²) in [7, 11) is 1.65. The average Bonchev–Trinajstić information content (AvgIpc) is 2.41. The number of hydrogen-bond acceptors (Lipinski definition) is 4. The molecule has 0 N–H and O–H groups in total. The van der Waals surface area contributed by atoms with E-state index in [1.54, 1.807) is 25.8 Å². The molecule has 1 aliphatic heterocycles. The Bertz CT molecular complexity index is 505. The number of carbonyl (C=O) groups is 1. The molecular weight excluding hydrogens is 260 g/mol. The predicted octanol–water partition coefficient (Wildman–Crippen LogP) is 3.71. The van der Waals surface area contributed by atoms with Gasteiger partial charge < -0.3 is 9.47 Å². The number of methoxy groups -OCH3 is 1. The van der Waals surface area contributed by atoms with Crippen LogP contribution in [0.25, 0.3) is 0 Å². The van der Waals surface area contributed by atoms with Crippen LogP contribution in [-0.4, -0.2) is 18.1 Å². The van der Waals surface area contributed by atoms with Crippen LogP contribution in [-0.2, 0) is 9.53 Å². The average molecular weight is 278 g/mol. The summed E-state index contributed by atoms with van der Waals surface area (Å²) in [6.45, 7) is 5.51.